The topological polar surface area (TPSA) is 15.3 Å². The lowest BCUT2D eigenvalue weighted by Gasteiger charge is -2.51. The Morgan fingerprint density at radius 2 is 1.95 bits per heavy atom. The first-order valence-corrected chi connectivity index (χ1v) is 9.35. The molecule has 1 aliphatic heterocycles. The van der Waals surface area contributed by atoms with Gasteiger partial charge >= 0.3 is 0 Å². The van der Waals surface area contributed by atoms with E-state index in [4.69, 9.17) is 0 Å². The fraction of sp³-hybridized carbons (Fsp3) is 1.00. The second-order valence-electron chi connectivity index (χ2n) is 5.95. The molecule has 0 aromatic rings. The van der Waals surface area contributed by atoms with Gasteiger partial charge in [0.25, 0.3) is 0 Å². The maximum absolute atomic E-state index is 3.83. The van der Waals surface area contributed by atoms with Crippen LogP contribution in [0, 0.1) is 5.92 Å². The number of hydrogen-bond acceptors (Lipinski definition) is 3. The summed E-state index contributed by atoms with van der Waals surface area (Å²) in [5, 5.41) is 3.83. The summed E-state index contributed by atoms with van der Waals surface area (Å²) in [6.07, 6.45) is 3.81. The van der Waals surface area contributed by atoms with E-state index in [1.165, 1.54) is 50.4 Å². The van der Waals surface area contributed by atoms with E-state index in [1.807, 2.05) is 0 Å². The molecule has 2 atom stereocenters. The van der Waals surface area contributed by atoms with Gasteiger partial charge in [0.05, 0.1) is 0 Å². The maximum atomic E-state index is 3.83. The van der Waals surface area contributed by atoms with Gasteiger partial charge in [-0.05, 0) is 24.5 Å². The van der Waals surface area contributed by atoms with E-state index in [-0.39, 0.29) is 0 Å². The van der Waals surface area contributed by atoms with Crippen LogP contribution in [-0.2, 0) is 0 Å². The summed E-state index contributed by atoms with van der Waals surface area (Å²) < 4.78 is 0. The minimum absolute atomic E-state index is 0.401. The standard InChI is InChI=1S/C16H34N2S/c1-6-14(5)15-12-18(10-11-19-9-4)16(7-2,8-3)13-17-15/h14-15,17H,6-13H2,1-5H3. The molecule has 0 bridgehead atoms. The predicted molar refractivity (Wildman–Crippen MR) is 89.1 cm³/mol. The zero-order valence-electron chi connectivity index (χ0n) is 13.7. The van der Waals surface area contributed by atoms with Crippen molar-refractivity contribution in [3.8, 4) is 0 Å². The molecule has 114 valence electrons. The summed E-state index contributed by atoms with van der Waals surface area (Å²) in [7, 11) is 0. The molecule has 19 heavy (non-hydrogen) atoms. The van der Waals surface area contributed by atoms with Crippen LogP contribution >= 0.6 is 11.8 Å². The van der Waals surface area contributed by atoms with Gasteiger partial charge in [0, 0.05) is 37.0 Å². The third-order valence-corrected chi connectivity index (χ3v) is 6.02. The fourth-order valence-corrected chi connectivity index (χ4v) is 3.83. The predicted octanol–water partition coefficient (Wildman–Crippen LogP) is 3.62. The van der Waals surface area contributed by atoms with Gasteiger partial charge < -0.3 is 5.32 Å². The van der Waals surface area contributed by atoms with Crippen molar-refractivity contribution in [3.05, 3.63) is 0 Å². The van der Waals surface area contributed by atoms with Gasteiger partial charge in [-0.25, -0.2) is 0 Å². The van der Waals surface area contributed by atoms with Gasteiger partial charge in [0.1, 0.15) is 0 Å². The number of nitrogens with one attached hydrogen (secondary N) is 1. The third kappa shape index (κ3) is 4.37. The highest BCUT2D eigenvalue weighted by Crippen LogP contribution is 2.29. The highest BCUT2D eigenvalue weighted by molar-refractivity contribution is 7.99. The van der Waals surface area contributed by atoms with Crippen LogP contribution in [0.5, 0.6) is 0 Å². The van der Waals surface area contributed by atoms with Crippen molar-refractivity contribution < 1.29 is 0 Å². The first kappa shape index (κ1) is 17.3. The van der Waals surface area contributed by atoms with E-state index in [9.17, 15) is 0 Å². The molecule has 0 aromatic heterocycles. The molecule has 0 spiro atoms. The summed E-state index contributed by atoms with van der Waals surface area (Å²) >= 11 is 2.08. The molecule has 2 nitrogen and oxygen atoms in total. The second kappa shape index (κ2) is 8.53. The minimum atomic E-state index is 0.401. The number of hydrogen-bond donors (Lipinski definition) is 1. The Balaban J connectivity index is 2.68. The Bertz CT molecular complexity index is 241. The van der Waals surface area contributed by atoms with Crippen LogP contribution in [0.2, 0.25) is 0 Å². The lowest BCUT2D eigenvalue weighted by molar-refractivity contribution is 0.0258. The molecule has 0 saturated carbocycles. The number of nitrogens with zero attached hydrogens (tertiary/aromatic N) is 1. The largest absolute Gasteiger partial charge is 0.311 e. The Hall–Kier alpha value is 0.270. The van der Waals surface area contributed by atoms with E-state index in [0.717, 1.165) is 5.92 Å². The van der Waals surface area contributed by atoms with Crippen LogP contribution in [-0.4, -0.2) is 47.6 Å². The van der Waals surface area contributed by atoms with E-state index in [2.05, 4.69) is 56.6 Å². The third-order valence-electron chi connectivity index (χ3n) is 5.14. The van der Waals surface area contributed by atoms with E-state index < -0.39 is 0 Å². The summed E-state index contributed by atoms with van der Waals surface area (Å²) in [5.74, 6) is 3.31. The normalized spacial score (nSPS) is 25.4. The first-order valence-electron chi connectivity index (χ1n) is 8.19. The zero-order valence-corrected chi connectivity index (χ0v) is 14.5. The molecule has 1 fully saturated rings. The first-order chi connectivity index (χ1) is 9.13. The summed E-state index contributed by atoms with van der Waals surface area (Å²) in [6, 6.07) is 0.683. The van der Waals surface area contributed by atoms with Crippen LogP contribution in [0.25, 0.3) is 0 Å². The Morgan fingerprint density at radius 3 is 2.47 bits per heavy atom. The molecule has 1 saturated heterocycles. The molecular weight excluding hydrogens is 252 g/mol. The van der Waals surface area contributed by atoms with Gasteiger partial charge in [0.15, 0.2) is 0 Å². The average molecular weight is 287 g/mol. The molecule has 0 radical (unpaired) electrons. The second-order valence-corrected chi connectivity index (χ2v) is 7.34. The molecule has 2 unspecified atom stereocenters. The van der Waals surface area contributed by atoms with Crippen LogP contribution in [0.1, 0.15) is 53.9 Å². The number of piperazine rings is 1. The number of rotatable bonds is 8. The molecule has 0 aromatic carbocycles. The molecule has 0 aliphatic carbocycles. The molecule has 1 rings (SSSR count). The molecule has 1 N–H and O–H groups in total. The Kier molecular flexibility index (Phi) is 7.78. The number of thioether (sulfide) groups is 1. The lowest BCUT2D eigenvalue weighted by atomic mass is 9.84. The monoisotopic (exact) mass is 286 g/mol. The van der Waals surface area contributed by atoms with Crippen molar-refractivity contribution in [1.29, 1.82) is 0 Å². The average Bonchev–Trinajstić information content (AvgIpc) is 2.46. The van der Waals surface area contributed by atoms with Gasteiger partial charge in [0.2, 0.25) is 0 Å². The lowest BCUT2D eigenvalue weighted by Crippen LogP contribution is -2.65. The highest BCUT2D eigenvalue weighted by Gasteiger charge is 2.39. The van der Waals surface area contributed by atoms with Crippen molar-refractivity contribution in [2.24, 2.45) is 5.92 Å². The smallest absolute Gasteiger partial charge is 0.0329 e. The zero-order chi connectivity index (χ0) is 14.3. The molecule has 3 heteroatoms. The fourth-order valence-electron chi connectivity index (χ4n) is 3.19. The summed E-state index contributed by atoms with van der Waals surface area (Å²) in [6.45, 7) is 15.3. The Morgan fingerprint density at radius 1 is 1.26 bits per heavy atom. The molecular formula is C16H34N2S. The SMILES string of the molecule is CCSCCN1CC(C(C)CC)NCC1(CC)CC. The van der Waals surface area contributed by atoms with Crippen LogP contribution < -0.4 is 5.32 Å². The van der Waals surface area contributed by atoms with Gasteiger partial charge in [-0.3, -0.25) is 4.90 Å². The van der Waals surface area contributed by atoms with E-state index >= 15 is 0 Å². The Labute approximate surface area is 125 Å². The molecule has 1 heterocycles. The highest BCUT2D eigenvalue weighted by atomic mass is 32.2. The van der Waals surface area contributed by atoms with E-state index in [0.29, 0.717) is 11.6 Å². The van der Waals surface area contributed by atoms with Gasteiger partial charge in [-0.2, -0.15) is 11.8 Å². The van der Waals surface area contributed by atoms with Gasteiger partial charge in [-0.1, -0.05) is 41.0 Å². The van der Waals surface area contributed by atoms with Crippen LogP contribution in [0.4, 0.5) is 0 Å². The molecule has 0 amide bonds. The van der Waals surface area contributed by atoms with Crippen molar-refractivity contribution >= 4 is 11.8 Å². The van der Waals surface area contributed by atoms with Crippen molar-refractivity contribution in [2.75, 3.05) is 31.1 Å². The summed E-state index contributed by atoms with van der Waals surface area (Å²) in [4.78, 5) is 2.79. The minimum Gasteiger partial charge on any atom is -0.311 e. The van der Waals surface area contributed by atoms with Crippen molar-refractivity contribution in [2.45, 2.75) is 65.5 Å². The van der Waals surface area contributed by atoms with Crippen LogP contribution in [0.15, 0.2) is 0 Å². The maximum Gasteiger partial charge on any atom is 0.0329 e. The van der Waals surface area contributed by atoms with Crippen molar-refractivity contribution in [3.63, 3.8) is 0 Å². The molecule has 1 aliphatic rings. The van der Waals surface area contributed by atoms with Crippen LogP contribution in [0.3, 0.4) is 0 Å². The summed E-state index contributed by atoms with van der Waals surface area (Å²) in [5.41, 5.74) is 0.401. The quantitative estimate of drug-likeness (QED) is 0.686. The van der Waals surface area contributed by atoms with E-state index in [1.54, 1.807) is 0 Å². The van der Waals surface area contributed by atoms with Crippen molar-refractivity contribution in [1.82, 2.24) is 10.2 Å². The van der Waals surface area contributed by atoms with Gasteiger partial charge in [-0.15, -0.1) is 0 Å².